The zero-order chi connectivity index (χ0) is 27.5. The molecule has 3 rings (SSSR count). The van der Waals surface area contributed by atoms with Gasteiger partial charge in [0.15, 0.2) is 0 Å². The van der Waals surface area contributed by atoms with Gasteiger partial charge in [0.25, 0.3) is 5.24 Å². The lowest BCUT2D eigenvalue weighted by Crippen LogP contribution is -2.57. The van der Waals surface area contributed by atoms with E-state index in [0.29, 0.717) is 13.1 Å². The zero-order valence-electron chi connectivity index (χ0n) is 22.7. The van der Waals surface area contributed by atoms with Crippen molar-refractivity contribution in [3.63, 3.8) is 0 Å². The van der Waals surface area contributed by atoms with Crippen LogP contribution >= 0.6 is 10.0 Å². The predicted octanol–water partition coefficient (Wildman–Crippen LogP) is 3.05. The summed E-state index contributed by atoms with van der Waals surface area (Å²) in [7, 11) is -2.66. The van der Waals surface area contributed by atoms with Crippen LogP contribution in [0.2, 0.25) is 0 Å². The molecular weight excluding hydrogens is 494 g/mol. The summed E-state index contributed by atoms with van der Waals surface area (Å²) in [6.07, 6.45) is 0.0859. The number of hydrogen-bond acceptors (Lipinski definition) is 6. The number of esters is 1. The van der Waals surface area contributed by atoms with Gasteiger partial charge < -0.3 is 25.0 Å². The van der Waals surface area contributed by atoms with Gasteiger partial charge in [0.05, 0.1) is 17.7 Å². The smallest absolute Gasteiger partial charge is 0.330 e. The van der Waals surface area contributed by atoms with Gasteiger partial charge in [-0.15, -0.1) is 10.0 Å². The highest BCUT2D eigenvalue weighted by Crippen LogP contribution is 2.74. The number of nitrogens with one attached hydrogen (secondary N) is 1. The summed E-state index contributed by atoms with van der Waals surface area (Å²) in [4.78, 5) is 56.1. The fourth-order valence-electron chi connectivity index (χ4n) is 5.21. The van der Waals surface area contributed by atoms with E-state index in [1.807, 2.05) is 58.0 Å². The SMILES string of the molecule is CC(C)CNC(=O)CN(CC(C)C)C(=O)S1(CO)[C@@H]2CC(=O)N2[C@@H](C(=O)OCc2ccccc2)C1(C)C. The normalized spacial score (nSPS) is 25.8. The van der Waals surface area contributed by atoms with Gasteiger partial charge in [-0.2, -0.15) is 0 Å². The molecule has 1 aromatic carbocycles. The van der Waals surface area contributed by atoms with Gasteiger partial charge in [-0.25, -0.2) is 4.79 Å². The molecule has 9 nitrogen and oxygen atoms in total. The highest BCUT2D eigenvalue weighted by Gasteiger charge is 2.72. The summed E-state index contributed by atoms with van der Waals surface area (Å²) >= 11 is 0. The highest BCUT2D eigenvalue weighted by atomic mass is 32.3. The van der Waals surface area contributed by atoms with E-state index < -0.39 is 38.1 Å². The van der Waals surface area contributed by atoms with Crippen molar-refractivity contribution in [1.29, 1.82) is 0 Å². The van der Waals surface area contributed by atoms with Gasteiger partial charge in [0.1, 0.15) is 19.2 Å². The second-order valence-corrected chi connectivity index (χ2v) is 15.0. The van der Waals surface area contributed by atoms with Crippen LogP contribution in [0.1, 0.15) is 53.5 Å². The Morgan fingerprint density at radius 3 is 2.35 bits per heavy atom. The minimum Gasteiger partial charge on any atom is -0.459 e. The van der Waals surface area contributed by atoms with Gasteiger partial charge in [-0.3, -0.25) is 14.4 Å². The van der Waals surface area contributed by atoms with Crippen molar-refractivity contribution in [2.75, 3.05) is 25.6 Å². The Morgan fingerprint density at radius 2 is 1.81 bits per heavy atom. The van der Waals surface area contributed by atoms with Crippen LogP contribution in [0, 0.1) is 11.8 Å². The van der Waals surface area contributed by atoms with Gasteiger partial charge in [0.2, 0.25) is 11.8 Å². The first-order valence-electron chi connectivity index (χ1n) is 12.8. The summed E-state index contributed by atoms with van der Waals surface area (Å²) in [5.74, 6) is -1.23. The summed E-state index contributed by atoms with van der Waals surface area (Å²) in [5.41, 5.74) is 0.811. The third kappa shape index (κ3) is 5.50. The first-order chi connectivity index (χ1) is 17.4. The summed E-state index contributed by atoms with van der Waals surface area (Å²) in [6, 6.07) is 8.24. The molecule has 1 aromatic rings. The molecule has 0 bridgehead atoms. The van der Waals surface area contributed by atoms with Crippen LogP contribution in [-0.4, -0.2) is 79.7 Å². The quantitative estimate of drug-likeness (QED) is 0.351. The second-order valence-electron chi connectivity index (χ2n) is 11.2. The third-order valence-corrected chi connectivity index (χ3v) is 11.8. The Morgan fingerprint density at radius 1 is 1.16 bits per heavy atom. The van der Waals surface area contributed by atoms with Gasteiger partial charge >= 0.3 is 5.97 Å². The molecule has 2 saturated heterocycles. The second kappa shape index (κ2) is 11.4. The number of carbonyl (C=O) groups is 4. The lowest BCUT2D eigenvalue weighted by Gasteiger charge is -2.51. The Kier molecular flexibility index (Phi) is 8.95. The number of benzene rings is 1. The van der Waals surface area contributed by atoms with Crippen molar-refractivity contribution in [2.24, 2.45) is 11.8 Å². The molecule has 0 radical (unpaired) electrons. The van der Waals surface area contributed by atoms with Crippen LogP contribution in [0.3, 0.4) is 0 Å². The molecule has 0 aromatic heterocycles. The number of aliphatic hydroxyl groups excluding tert-OH is 1. The van der Waals surface area contributed by atoms with Crippen LogP contribution in [0.4, 0.5) is 4.79 Å². The topological polar surface area (TPSA) is 116 Å². The molecule has 2 aliphatic rings. The number of ether oxygens (including phenoxy) is 1. The number of aliphatic hydroxyl groups is 1. The fraction of sp³-hybridized carbons (Fsp3) is 0.630. The molecule has 10 heteroatoms. The van der Waals surface area contributed by atoms with Crippen molar-refractivity contribution in [3.8, 4) is 0 Å². The minimum atomic E-state index is -2.66. The van der Waals surface area contributed by atoms with Crippen LogP contribution in [0.25, 0.3) is 0 Å². The number of β-lactam (4-membered cyclic amide) rings is 1. The van der Waals surface area contributed by atoms with Crippen LogP contribution in [0.5, 0.6) is 0 Å². The molecule has 0 saturated carbocycles. The maximum atomic E-state index is 14.3. The molecule has 2 heterocycles. The maximum Gasteiger partial charge on any atom is 0.330 e. The summed E-state index contributed by atoms with van der Waals surface area (Å²) < 4.78 is 4.56. The summed E-state index contributed by atoms with van der Waals surface area (Å²) in [5, 5.41) is 12.8. The van der Waals surface area contributed by atoms with E-state index in [2.05, 4.69) is 5.32 Å². The molecule has 1 unspecified atom stereocenters. The summed E-state index contributed by atoms with van der Waals surface area (Å²) in [6.45, 7) is 12.1. The number of nitrogens with zero attached hydrogens (tertiary/aromatic N) is 2. The van der Waals surface area contributed by atoms with E-state index >= 15 is 0 Å². The highest BCUT2D eigenvalue weighted by molar-refractivity contribution is 8.46. The minimum absolute atomic E-state index is 0.0455. The van der Waals surface area contributed by atoms with Crippen LogP contribution < -0.4 is 5.32 Å². The first-order valence-corrected chi connectivity index (χ1v) is 14.7. The molecule has 2 aliphatic heterocycles. The zero-order valence-corrected chi connectivity index (χ0v) is 23.5. The standard InChI is InChI=1S/C27H41N3O6S/c1-18(2)13-28-21(32)15-29(14-19(3)4)26(35)37(17-31)23-12-22(33)30(23)24(27(37,5)6)25(34)36-16-20-10-8-7-9-11-20/h7-11,18-19,23-24,31H,12-17H2,1-6H3,(H,28,32)/t23-,24+/m1/s1. The molecule has 37 heavy (non-hydrogen) atoms. The van der Waals surface area contributed by atoms with Crippen molar-refractivity contribution >= 4 is 33.1 Å². The molecule has 3 amide bonds. The average molecular weight is 536 g/mol. The largest absolute Gasteiger partial charge is 0.459 e. The van der Waals surface area contributed by atoms with Crippen LogP contribution in [-0.2, 0) is 25.7 Å². The predicted molar refractivity (Wildman–Crippen MR) is 144 cm³/mol. The molecule has 0 spiro atoms. The number of amides is 3. The van der Waals surface area contributed by atoms with Crippen molar-refractivity contribution < 1.29 is 29.0 Å². The van der Waals surface area contributed by atoms with E-state index in [1.165, 1.54) is 9.80 Å². The monoisotopic (exact) mass is 535 g/mol. The Labute approximate surface area is 221 Å². The molecule has 3 atom stereocenters. The number of hydrogen-bond donors (Lipinski definition) is 2. The Balaban J connectivity index is 1.91. The van der Waals surface area contributed by atoms with E-state index in [9.17, 15) is 24.3 Å². The lowest BCUT2D eigenvalue weighted by molar-refractivity contribution is -0.162. The lowest BCUT2D eigenvalue weighted by atomic mass is 9.98. The van der Waals surface area contributed by atoms with Gasteiger partial charge in [-0.1, -0.05) is 58.0 Å². The van der Waals surface area contributed by atoms with Gasteiger partial charge in [0, 0.05) is 17.8 Å². The molecular formula is C27H41N3O6S. The van der Waals surface area contributed by atoms with E-state index in [-0.39, 0.29) is 48.5 Å². The van der Waals surface area contributed by atoms with Crippen LogP contribution in [0.15, 0.2) is 30.3 Å². The number of fused-ring (bicyclic) bond motifs is 1. The molecule has 206 valence electrons. The fourth-order valence-corrected chi connectivity index (χ4v) is 9.47. The Bertz CT molecular complexity index is 1010. The van der Waals surface area contributed by atoms with Crippen molar-refractivity contribution in [3.05, 3.63) is 35.9 Å². The molecule has 2 N–H and O–H groups in total. The maximum absolute atomic E-state index is 14.3. The van der Waals surface area contributed by atoms with E-state index in [0.717, 1.165) is 5.56 Å². The van der Waals surface area contributed by atoms with E-state index in [4.69, 9.17) is 4.74 Å². The molecule has 0 aliphatic carbocycles. The van der Waals surface area contributed by atoms with Gasteiger partial charge in [-0.05, 0) is 31.2 Å². The van der Waals surface area contributed by atoms with Crippen molar-refractivity contribution in [2.45, 2.75) is 70.7 Å². The number of rotatable bonds is 10. The van der Waals surface area contributed by atoms with E-state index in [1.54, 1.807) is 13.8 Å². The van der Waals surface area contributed by atoms with Crippen molar-refractivity contribution in [1.82, 2.24) is 15.1 Å². The Hall–Kier alpha value is -2.59. The third-order valence-electron chi connectivity index (χ3n) is 7.14. The average Bonchev–Trinajstić information content (AvgIpc) is 3.00. The number of carbonyl (C=O) groups excluding carboxylic acids is 4. The molecule has 2 fully saturated rings. The first kappa shape index (κ1) is 29.0.